The van der Waals surface area contributed by atoms with Crippen molar-refractivity contribution in [1.82, 2.24) is 10.2 Å². The molecule has 1 N–H and O–H groups in total. The van der Waals surface area contributed by atoms with E-state index in [0.29, 0.717) is 29.2 Å². The Morgan fingerprint density at radius 1 is 0.970 bits per heavy atom. The molecule has 170 valence electrons. The third kappa shape index (κ3) is 6.24. The summed E-state index contributed by atoms with van der Waals surface area (Å²) in [5.41, 5.74) is 0.726. The summed E-state index contributed by atoms with van der Waals surface area (Å²) < 4.78 is 11.4. The lowest BCUT2D eigenvalue weighted by atomic mass is 10.2. The summed E-state index contributed by atoms with van der Waals surface area (Å²) in [6.07, 6.45) is 0.256. The minimum Gasteiger partial charge on any atom is -0.480 e. The van der Waals surface area contributed by atoms with E-state index >= 15 is 0 Å². The van der Waals surface area contributed by atoms with Crippen LogP contribution in [0.5, 0.6) is 11.5 Å². The topological polar surface area (TPSA) is 115 Å². The third-order valence-corrected chi connectivity index (χ3v) is 5.26. The lowest BCUT2D eigenvalue weighted by Gasteiger charge is -2.26. The van der Waals surface area contributed by atoms with Crippen molar-refractivity contribution < 1.29 is 19.1 Å². The molecular formula is C25H26N4O4. The van der Waals surface area contributed by atoms with Crippen LogP contribution in [-0.4, -0.2) is 48.1 Å². The molecule has 0 radical (unpaired) electrons. The molecule has 0 saturated heterocycles. The molecule has 2 aromatic rings. The van der Waals surface area contributed by atoms with Gasteiger partial charge in [0, 0.05) is 19.1 Å². The molecule has 8 heteroatoms. The Morgan fingerprint density at radius 2 is 1.48 bits per heavy atom. The standard InChI is InChI=1S/C25H26N4O4/c1-17(32-22-9-5-3-7-19(22)15-26)24(30)28-13-14-29(21-11-12-21)25(31)18(2)33-23-10-6-4-8-20(23)16-27/h3-10,17-18,21H,11-14H2,1-2H3,(H,28,30)/t17-,18+/m0/s1. The van der Waals surface area contributed by atoms with E-state index in [0.717, 1.165) is 12.8 Å². The van der Waals surface area contributed by atoms with Gasteiger partial charge in [0.25, 0.3) is 11.8 Å². The molecule has 1 fully saturated rings. The molecule has 0 aliphatic heterocycles. The fraction of sp³-hybridized carbons (Fsp3) is 0.360. The summed E-state index contributed by atoms with van der Waals surface area (Å²) in [7, 11) is 0. The minimum absolute atomic E-state index is 0.128. The summed E-state index contributed by atoms with van der Waals surface area (Å²) in [5.74, 6) is 0.194. The second-order valence-corrected chi connectivity index (χ2v) is 7.79. The number of rotatable bonds is 10. The highest BCUT2D eigenvalue weighted by Gasteiger charge is 2.35. The summed E-state index contributed by atoms with van der Waals surface area (Å²) in [6.45, 7) is 3.86. The molecule has 1 aliphatic carbocycles. The van der Waals surface area contributed by atoms with Crippen molar-refractivity contribution in [2.45, 2.75) is 44.9 Å². The maximum atomic E-state index is 13.0. The molecule has 2 aromatic carbocycles. The third-order valence-electron chi connectivity index (χ3n) is 5.26. The quantitative estimate of drug-likeness (QED) is 0.600. The molecular weight excluding hydrogens is 420 g/mol. The molecule has 2 atom stereocenters. The number of hydrogen-bond donors (Lipinski definition) is 1. The Bertz CT molecular complexity index is 1080. The smallest absolute Gasteiger partial charge is 0.263 e. The Morgan fingerprint density at radius 3 is 2.00 bits per heavy atom. The number of ether oxygens (including phenoxy) is 2. The first-order valence-electron chi connectivity index (χ1n) is 10.8. The Balaban J connectivity index is 1.53. The molecule has 1 aliphatic rings. The van der Waals surface area contributed by atoms with Gasteiger partial charge in [-0.05, 0) is 51.0 Å². The first-order valence-corrected chi connectivity index (χ1v) is 10.8. The molecule has 0 bridgehead atoms. The summed E-state index contributed by atoms with van der Waals surface area (Å²) in [4.78, 5) is 27.2. The molecule has 2 amide bonds. The zero-order valence-electron chi connectivity index (χ0n) is 18.7. The van der Waals surface area contributed by atoms with Crippen molar-refractivity contribution in [3.05, 3.63) is 59.7 Å². The lowest BCUT2D eigenvalue weighted by Crippen LogP contribution is -2.46. The van der Waals surface area contributed by atoms with Crippen LogP contribution < -0.4 is 14.8 Å². The summed E-state index contributed by atoms with van der Waals surface area (Å²) >= 11 is 0. The first-order chi connectivity index (χ1) is 15.9. The average molecular weight is 447 g/mol. The number of para-hydroxylation sites is 2. The molecule has 0 aromatic heterocycles. The largest absolute Gasteiger partial charge is 0.480 e. The Kier molecular flexibility index (Phi) is 7.88. The van der Waals surface area contributed by atoms with Gasteiger partial charge < -0.3 is 19.7 Å². The van der Waals surface area contributed by atoms with Crippen molar-refractivity contribution in [1.29, 1.82) is 10.5 Å². The number of nitrogens with one attached hydrogen (secondary N) is 1. The molecule has 1 saturated carbocycles. The molecule has 0 unspecified atom stereocenters. The van der Waals surface area contributed by atoms with Gasteiger partial charge in [-0.25, -0.2) is 0 Å². The number of amides is 2. The van der Waals surface area contributed by atoms with Crippen LogP contribution in [0.2, 0.25) is 0 Å². The summed E-state index contributed by atoms with van der Waals surface area (Å²) in [6, 6.07) is 17.7. The van der Waals surface area contributed by atoms with E-state index < -0.39 is 12.2 Å². The van der Waals surface area contributed by atoms with E-state index in [-0.39, 0.29) is 24.4 Å². The van der Waals surface area contributed by atoms with E-state index in [4.69, 9.17) is 14.7 Å². The van der Waals surface area contributed by atoms with Crippen LogP contribution in [-0.2, 0) is 9.59 Å². The normalized spacial score (nSPS) is 14.2. The number of hydrogen-bond acceptors (Lipinski definition) is 6. The van der Waals surface area contributed by atoms with Crippen molar-refractivity contribution in [3.8, 4) is 23.6 Å². The molecule has 8 nitrogen and oxygen atoms in total. The Labute approximate surface area is 193 Å². The van der Waals surface area contributed by atoms with Gasteiger partial charge in [0.2, 0.25) is 0 Å². The minimum atomic E-state index is -0.797. The second kappa shape index (κ2) is 11.0. The fourth-order valence-electron chi connectivity index (χ4n) is 3.34. The number of nitriles is 2. The van der Waals surface area contributed by atoms with Crippen LogP contribution >= 0.6 is 0 Å². The van der Waals surface area contributed by atoms with E-state index in [1.807, 2.05) is 6.07 Å². The first kappa shape index (κ1) is 23.6. The van der Waals surface area contributed by atoms with Crippen LogP contribution in [0.4, 0.5) is 0 Å². The summed E-state index contributed by atoms with van der Waals surface area (Å²) in [5, 5.41) is 21.2. The highest BCUT2D eigenvalue weighted by molar-refractivity contribution is 5.82. The van der Waals surface area contributed by atoms with Crippen LogP contribution in [0.3, 0.4) is 0 Å². The SMILES string of the molecule is C[C@H](Oc1ccccc1C#N)C(=O)NCCN(C(=O)[C@@H](C)Oc1ccccc1C#N)C1CC1. The van der Waals surface area contributed by atoms with Gasteiger partial charge in [-0.1, -0.05) is 24.3 Å². The Hall–Kier alpha value is -4.04. The molecule has 0 spiro atoms. The fourth-order valence-corrected chi connectivity index (χ4v) is 3.34. The predicted molar refractivity (Wildman–Crippen MR) is 120 cm³/mol. The van der Waals surface area contributed by atoms with Crippen molar-refractivity contribution in [2.75, 3.05) is 13.1 Å². The van der Waals surface area contributed by atoms with Gasteiger partial charge in [0.1, 0.15) is 23.6 Å². The second-order valence-electron chi connectivity index (χ2n) is 7.79. The van der Waals surface area contributed by atoms with Crippen molar-refractivity contribution >= 4 is 11.8 Å². The lowest BCUT2D eigenvalue weighted by molar-refractivity contribution is -0.139. The van der Waals surface area contributed by atoms with E-state index in [1.165, 1.54) is 0 Å². The van der Waals surface area contributed by atoms with Gasteiger partial charge in [-0.15, -0.1) is 0 Å². The highest BCUT2D eigenvalue weighted by atomic mass is 16.5. The number of carbonyl (C=O) groups excluding carboxylic acids is 2. The van der Waals surface area contributed by atoms with Crippen LogP contribution in [0.1, 0.15) is 37.8 Å². The maximum absolute atomic E-state index is 13.0. The highest BCUT2D eigenvalue weighted by Crippen LogP contribution is 2.28. The molecule has 0 heterocycles. The van der Waals surface area contributed by atoms with Gasteiger partial charge in [0.05, 0.1) is 11.1 Å². The number of nitrogens with zero attached hydrogens (tertiary/aromatic N) is 3. The van der Waals surface area contributed by atoms with Gasteiger partial charge >= 0.3 is 0 Å². The van der Waals surface area contributed by atoms with Crippen LogP contribution in [0, 0.1) is 22.7 Å². The zero-order chi connectivity index (χ0) is 23.8. The van der Waals surface area contributed by atoms with Crippen LogP contribution in [0.15, 0.2) is 48.5 Å². The molecule has 3 rings (SSSR count). The van der Waals surface area contributed by atoms with E-state index in [2.05, 4.69) is 11.4 Å². The molecule has 33 heavy (non-hydrogen) atoms. The predicted octanol–water partition coefficient (Wildman–Crippen LogP) is 2.77. The number of carbonyl (C=O) groups is 2. The van der Waals surface area contributed by atoms with E-state index in [1.54, 1.807) is 67.3 Å². The van der Waals surface area contributed by atoms with Crippen molar-refractivity contribution in [3.63, 3.8) is 0 Å². The van der Waals surface area contributed by atoms with Crippen molar-refractivity contribution in [2.24, 2.45) is 0 Å². The zero-order valence-corrected chi connectivity index (χ0v) is 18.7. The maximum Gasteiger partial charge on any atom is 0.263 e. The van der Waals surface area contributed by atoms with E-state index in [9.17, 15) is 14.9 Å². The monoisotopic (exact) mass is 446 g/mol. The van der Waals surface area contributed by atoms with Gasteiger partial charge in [-0.2, -0.15) is 10.5 Å². The van der Waals surface area contributed by atoms with Gasteiger partial charge in [0.15, 0.2) is 12.2 Å². The average Bonchev–Trinajstić information content (AvgIpc) is 3.67. The number of benzene rings is 2. The van der Waals surface area contributed by atoms with Crippen LogP contribution in [0.25, 0.3) is 0 Å². The van der Waals surface area contributed by atoms with Gasteiger partial charge in [-0.3, -0.25) is 9.59 Å².